The van der Waals surface area contributed by atoms with E-state index in [0.29, 0.717) is 17.5 Å². The van der Waals surface area contributed by atoms with E-state index in [1.54, 1.807) is 24.3 Å². The molecule has 5 heteroatoms. The number of carbonyl (C=O) groups excluding carboxylic acids is 1. The molecule has 2 unspecified atom stereocenters. The molecule has 1 aliphatic carbocycles. The summed E-state index contributed by atoms with van der Waals surface area (Å²) in [7, 11) is 0. The van der Waals surface area contributed by atoms with E-state index in [0.717, 1.165) is 24.9 Å². The molecule has 0 heterocycles. The van der Waals surface area contributed by atoms with E-state index >= 15 is 0 Å². The molecule has 0 spiro atoms. The van der Waals surface area contributed by atoms with Crippen LogP contribution in [-0.2, 0) is 4.79 Å². The quantitative estimate of drug-likeness (QED) is 0.783. The highest BCUT2D eigenvalue weighted by atomic mass is 35.5. The van der Waals surface area contributed by atoms with Gasteiger partial charge in [0, 0.05) is 17.3 Å². The van der Waals surface area contributed by atoms with Gasteiger partial charge >= 0.3 is 0 Å². The van der Waals surface area contributed by atoms with Crippen LogP contribution in [0.1, 0.15) is 32.6 Å². The minimum atomic E-state index is -0.668. The van der Waals surface area contributed by atoms with E-state index in [-0.39, 0.29) is 12.5 Å². The lowest BCUT2D eigenvalue weighted by Gasteiger charge is -2.35. The standard InChI is InChI=1S/C16H23ClN2O2/c1-12-3-2-8-16(21,9-12)11-18-10-15(20)19-14-6-4-13(17)5-7-14/h4-7,12,18,21H,2-3,8-11H2,1H3,(H,19,20). The van der Waals surface area contributed by atoms with Crippen LogP contribution in [0.2, 0.25) is 5.02 Å². The maximum absolute atomic E-state index is 11.8. The number of benzene rings is 1. The van der Waals surface area contributed by atoms with Crippen LogP contribution in [0.5, 0.6) is 0 Å². The van der Waals surface area contributed by atoms with Crippen molar-refractivity contribution in [2.24, 2.45) is 5.92 Å². The maximum atomic E-state index is 11.8. The predicted octanol–water partition coefficient (Wildman–Crippen LogP) is 2.81. The van der Waals surface area contributed by atoms with Crippen molar-refractivity contribution < 1.29 is 9.90 Å². The van der Waals surface area contributed by atoms with Crippen LogP contribution in [0.4, 0.5) is 5.69 Å². The molecule has 1 amide bonds. The van der Waals surface area contributed by atoms with Gasteiger partial charge in [-0.2, -0.15) is 0 Å². The van der Waals surface area contributed by atoms with Crippen molar-refractivity contribution in [3.63, 3.8) is 0 Å². The van der Waals surface area contributed by atoms with E-state index in [9.17, 15) is 9.90 Å². The lowest BCUT2D eigenvalue weighted by molar-refractivity contribution is -0.115. The molecule has 1 aliphatic rings. The molecule has 0 saturated heterocycles. The van der Waals surface area contributed by atoms with Crippen molar-refractivity contribution in [2.45, 2.75) is 38.2 Å². The number of hydrogen-bond acceptors (Lipinski definition) is 3. The Bertz CT molecular complexity index is 478. The second kappa shape index (κ2) is 7.25. The fourth-order valence-corrected chi connectivity index (χ4v) is 3.07. The van der Waals surface area contributed by atoms with E-state index < -0.39 is 5.60 Å². The molecule has 1 aromatic carbocycles. The van der Waals surface area contributed by atoms with Crippen LogP contribution < -0.4 is 10.6 Å². The first-order chi connectivity index (χ1) is 9.97. The van der Waals surface area contributed by atoms with Gasteiger partial charge in [-0.1, -0.05) is 31.4 Å². The summed E-state index contributed by atoms with van der Waals surface area (Å²) in [5, 5.41) is 17.0. The summed E-state index contributed by atoms with van der Waals surface area (Å²) in [6.07, 6.45) is 3.84. The first-order valence-electron chi connectivity index (χ1n) is 7.45. The Kier molecular flexibility index (Phi) is 5.62. The molecule has 21 heavy (non-hydrogen) atoms. The molecule has 0 bridgehead atoms. The molecule has 116 valence electrons. The Morgan fingerprint density at radius 1 is 1.43 bits per heavy atom. The second-order valence-electron chi connectivity index (χ2n) is 6.08. The molecular weight excluding hydrogens is 288 g/mol. The van der Waals surface area contributed by atoms with Gasteiger partial charge in [-0.05, 0) is 43.0 Å². The minimum absolute atomic E-state index is 0.121. The number of nitrogens with one attached hydrogen (secondary N) is 2. The Morgan fingerprint density at radius 2 is 2.14 bits per heavy atom. The van der Waals surface area contributed by atoms with Crippen LogP contribution in [-0.4, -0.2) is 29.7 Å². The van der Waals surface area contributed by atoms with Crippen molar-refractivity contribution >= 4 is 23.2 Å². The van der Waals surface area contributed by atoms with Crippen LogP contribution in [0, 0.1) is 5.92 Å². The van der Waals surface area contributed by atoms with Gasteiger partial charge in [0.15, 0.2) is 0 Å². The number of hydrogen-bond donors (Lipinski definition) is 3. The highest BCUT2D eigenvalue weighted by Gasteiger charge is 2.32. The van der Waals surface area contributed by atoms with Crippen molar-refractivity contribution in [3.05, 3.63) is 29.3 Å². The lowest BCUT2D eigenvalue weighted by Crippen LogP contribution is -2.45. The zero-order valence-corrected chi connectivity index (χ0v) is 13.1. The van der Waals surface area contributed by atoms with Crippen LogP contribution >= 0.6 is 11.6 Å². The Balaban J connectivity index is 1.72. The van der Waals surface area contributed by atoms with E-state index in [1.165, 1.54) is 6.42 Å². The monoisotopic (exact) mass is 310 g/mol. The topological polar surface area (TPSA) is 61.4 Å². The van der Waals surface area contributed by atoms with Gasteiger partial charge in [-0.15, -0.1) is 0 Å². The summed E-state index contributed by atoms with van der Waals surface area (Å²) in [4.78, 5) is 11.8. The molecule has 1 saturated carbocycles. The fourth-order valence-electron chi connectivity index (χ4n) is 2.94. The van der Waals surface area contributed by atoms with Crippen LogP contribution in [0.25, 0.3) is 0 Å². The van der Waals surface area contributed by atoms with Crippen LogP contribution in [0.3, 0.4) is 0 Å². The number of rotatable bonds is 5. The normalized spacial score (nSPS) is 25.6. The summed E-state index contributed by atoms with van der Waals surface area (Å²) in [6.45, 7) is 2.82. The third-order valence-electron chi connectivity index (χ3n) is 3.94. The van der Waals surface area contributed by atoms with Crippen molar-refractivity contribution in [2.75, 3.05) is 18.4 Å². The highest BCUT2D eigenvalue weighted by Crippen LogP contribution is 2.31. The smallest absolute Gasteiger partial charge is 0.238 e. The van der Waals surface area contributed by atoms with Gasteiger partial charge < -0.3 is 15.7 Å². The van der Waals surface area contributed by atoms with Crippen molar-refractivity contribution in [1.29, 1.82) is 0 Å². The molecule has 1 fully saturated rings. The van der Waals surface area contributed by atoms with Crippen LogP contribution in [0.15, 0.2) is 24.3 Å². The number of carbonyl (C=O) groups is 1. The number of anilines is 1. The fraction of sp³-hybridized carbons (Fsp3) is 0.562. The summed E-state index contributed by atoms with van der Waals surface area (Å²) in [6, 6.07) is 6.99. The Labute approximate surface area is 130 Å². The first kappa shape index (κ1) is 16.3. The van der Waals surface area contributed by atoms with Gasteiger partial charge in [-0.3, -0.25) is 4.79 Å². The summed E-state index contributed by atoms with van der Waals surface area (Å²) < 4.78 is 0. The molecule has 1 aromatic rings. The molecule has 3 N–H and O–H groups in total. The lowest BCUT2D eigenvalue weighted by atomic mass is 9.79. The van der Waals surface area contributed by atoms with E-state index in [4.69, 9.17) is 11.6 Å². The Hall–Kier alpha value is -1.10. The van der Waals surface area contributed by atoms with Gasteiger partial charge in [-0.25, -0.2) is 0 Å². The first-order valence-corrected chi connectivity index (χ1v) is 7.83. The Morgan fingerprint density at radius 3 is 2.81 bits per heavy atom. The number of aliphatic hydroxyl groups is 1. The maximum Gasteiger partial charge on any atom is 0.238 e. The second-order valence-corrected chi connectivity index (χ2v) is 6.52. The molecule has 2 atom stereocenters. The molecule has 2 rings (SSSR count). The summed E-state index contributed by atoms with van der Waals surface area (Å²) in [5.41, 5.74) is 0.0503. The predicted molar refractivity (Wildman–Crippen MR) is 85.5 cm³/mol. The molecule has 0 radical (unpaired) electrons. The highest BCUT2D eigenvalue weighted by molar-refractivity contribution is 6.30. The average Bonchev–Trinajstić information content (AvgIpc) is 2.41. The molecule has 0 aromatic heterocycles. The SMILES string of the molecule is CC1CCCC(O)(CNCC(=O)Nc2ccc(Cl)cc2)C1. The molecular formula is C16H23ClN2O2. The van der Waals surface area contributed by atoms with Gasteiger partial charge in [0.2, 0.25) is 5.91 Å². The zero-order valence-electron chi connectivity index (χ0n) is 12.4. The third-order valence-corrected chi connectivity index (χ3v) is 4.19. The molecule has 4 nitrogen and oxygen atoms in total. The van der Waals surface area contributed by atoms with Crippen molar-refractivity contribution in [3.8, 4) is 0 Å². The average molecular weight is 311 g/mol. The molecule has 0 aliphatic heterocycles. The van der Waals surface area contributed by atoms with Gasteiger partial charge in [0.25, 0.3) is 0 Å². The number of halogens is 1. The zero-order chi connectivity index (χ0) is 15.3. The van der Waals surface area contributed by atoms with Gasteiger partial charge in [0.05, 0.1) is 12.1 Å². The number of amides is 1. The largest absolute Gasteiger partial charge is 0.389 e. The summed E-state index contributed by atoms with van der Waals surface area (Å²) >= 11 is 5.79. The van der Waals surface area contributed by atoms with Gasteiger partial charge in [0.1, 0.15) is 0 Å². The minimum Gasteiger partial charge on any atom is -0.389 e. The van der Waals surface area contributed by atoms with E-state index in [1.807, 2.05) is 0 Å². The van der Waals surface area contributed by atoms with Crippen molar-refractivity contribution in [1.82, 2.24) is 5.32 Å². The summed E-state index contributed by atoms with van der Waals surface area (Å²) in [5.74, 6) is 0.429. The third kappa shape index (κ3) is 5.30. The van der Waals surface area contributed by atoms with E-state index in [2.05, 4.69) is 17.6 Å².